The van der Waals surface area contributed by atoms with Crippen LogP contribution in [0.5, 0.6) is 0 Å². The number of likely N-dealkylation sites (tertiary alicyclic amines) is 2. The summed E-state index contributed by atoms with van der Waals surface area (Å²) in [5, 5.41) is 18.8. The molecule has 0 aliphatic carbocycles. The van der Waals surface area contributed by atoms with Gasteiger partial charge in [0, 0.05) is 43.8 Å². The molecule has 0 unspecified atom stereocenters. The number of halogens is 2. The summed E-state index contributed by atoms with van der Waals surface area (Å²) < 4.78 is 47.1. The second kappa shape index (κ2) is 17.9. The summed E-state index contributed by atoms with van der Waals surface area (Å²) in [7, 11) is 5.73. The van der Waals surface area contributed by atoms with E-state index in [9.17, 15) is 13.6 Å². The van der Waals surface area contributed by atoms with Gasteiger partial charge in [0.05, 0.1) is 11.4 Å². The van der Waals surface area contributed by atoms with Crippen LogP contribution < -0.4 is 0 Å². The van der Waals surface area contributed by atoms with E-state index in [1.165, 1.54) is 35.5 Å². The first-order valence-corrected chi connectivity index (χ1v) is 19.2. The average Bonchev–Trinajstić information content (AvgIpc) is 3.99. The maximum Gasteiger partial charge on any atom is 0.291 e. The monoisotopic (exact) mass is 774 g/mol. The molecule has 2 saturated heterocycles. The van der Waals surface area contributed by atoms with E-state index in [1.807, 2.05) is 39.8 Å². The van der Waals surface area contributed by atoms with Crippen molar-refractivity contribution in [2.45, 2.75) is 72.1 Å². The molecule has 0 bridgehead atoms. The number of hydrogen-bond donors (Lipinski definition) is 0. The van der Waals surface area contributed by atoms with Crippen molar-refractivity contribution in [3.8, 4) is 11.9 Å². The minimum absolute atomic E-state index is 0.0671. The molecule has 2 aliphatic rings. The van der Waals surface area contributed by atoms with Crippen molar-refractivity contribution in [2.75, 3.05) is 54.0 Å². The fraction of sp³-hybridized carbons (Fsp3) is 0.525. The Kier molecular flexibility index (Phi) is 13.0. The van der Waals surface area contributed by atoms with Crippen LogP contribution in [0, 0.1) is 23.5 Å². The number of ether oxygens (including phenoxy) is 1. The van der Waals surface area contributed by atoms with Gasteiger partial charge >= 0.3 is 0 Å². The first kappa shape index (κ1) is 40.7. The first-order chi connectivity index (χ1) is 26.8. The van der Waals surface area contributed by atoms with Crippen molar-refractivity contribution < 1.29 is 27.4 Å². The summed E-state index contributed by atoms with van der Waals surface area (Å²) in [6.07, 6.45) is 3.75. The highest BCUT2D eigenvalue weighted by molar-refractivity contribution is 5.85. The summed E-state index contributed by atoms with van der Waals surface area (Å²) in [5.41, 5.74) is 2.47. The number of para-hydroxylation sites is 2. The normalized spacial score (nSPS) is 17.6. The number of carbonyl (C=O) groups is 1. The molecule has 2 fully saturated rings. The number of rotatable bonds is 10. The number of Topliss-reactive ketones (excluding diaryl/α,β-unsaturated/α-hetero) is 1. The number of nitrogens with zero attached hydrogens (tertiary/aromatic N) is 10. The van der Waals surface area contributed by atoms with Crippen LogP contribution in [-0.2, 0) is 22.4 Å². The van der Waals surface area contributed by atoms with Crippen molar-refractivity contribution in [3.05, 3.63) is 71.2 Å². The van der Waals surface area contributed by atoms with Crippen molar-refractivity contribution in [2.24, 2.45) is 11.8 Å². The quantitative estimate of drug-likeness (QED) is 0.149. The lowest BCUT2D eigenvalue weighted by molar-refractivity contribution is -0.120. The molecule has 6 heterocycles. The highest BCUT2D eigenvalue weighted by Crippen LogP contribution is 2.30. The lowest BCUT2D eigenvalue weighted by Crippen LogP contribution is -2.15. The Morgan fingerprint density at radius 3 is 1.52 bits per heavy atom. The fourth-order valence-corrected chi connectivity index (χ4v) is 7.35. The number of fused-ring (bicyclic) bond motifs is 2. The topological polar surface area (TPSA) is 146 Å². The molecule has 300 valence electrons. The molecular weight excluding hydrogens is 723 g/mol. The maximum atomic E-state index is 14.4. The molecule has 4 aromatic heterocycles. The van der Waals surface area contributed by atoms with Gasteiger partial charge in [0.2, 0.25) is 11.8 Å². The van der Waals surface area contributed by atoms with Gasteiger partial charge in [0.15, 0.2) is 5.78 Å². The van der Waals surface area contributed by atoms with E-state index in [1.54, 1.807) is 12.1 Å². The van der Waals surface area contributed by atoms with Crippen LogP contribution in [0.3, 0.4) is 0 Å². The van der Waals surface area contributed by atoms with Gasteiger partial charge in [0.1, 0.15) is 29.3 Å². The Morgan fingerprint density at radius 2 is 1.20 bits per heavy atom. The lowest BCUT2D eigenvalue weighted by atomic mass is 10.1. The zero-order chi connectivity index (χ0) is 40.1. The molecule has 0 spiro atoms. The van der Waals surface area contributed by atoms with Crippen LogP contribution in [0.2, 0.25) is 0 Å². The Hall–Kier alpha value is -4.93. The highest BCUT2D eigenvalue weighted by atomic mass is 19.1. The third-order valence-corrected chi connectivity index (χ3v) is 10.0. The van der Waals surface area contributed by atoms with E-state index in [2.05, 4.69) is 59.1 Å². The van der Waals surface area contributed by atoms with Crippen LogP contribution in [0.25, 0.3) is 33.7 Å². The second-order valence-electron chi connectivity index (χ2n) is 15.5. The van der Waals surface area contributed by atoms with Crippen LogP contribution >= 0.6 is 0 Å². The summed E-state index contributed by atoms with van der Waals surface area (Å²) in [6.45, 7) is 14.1. The van der Waals surface area contributed by atoms with Crippen LogP contribution in [0.15, 0.2) is 45.4 Å². The largest absolute Gasteiger partial charge is 0.377 e. The van der Waals surface area contributed by atoms with E-state index in [4.69, 9.17) is 9.05 Å². The molecule has 0 radical (unpaired) electrons. The number of benzene rings is 2. The number of ketones is 1. The Balaban J connectivity index is 0.000000166. The summed E-state index contributed by atoms with van der Waals surface area (Å²) >= 11 is 0. The molecule has 0 amide bonds. The van der Waals surface area contributed by atoms with Gasteiger partial charge in [0.25, 0.3) is 11.9 Å². The van der Waals surface area contributed by atoms with Gasteiger partial charge in [-0.25, -0.2) is 8.78 Å². The van der Waals surface area contributed by atoms with Crippen molar-refractivity contribution in [1.82, 2.24) is 49.6 Å². The van der Waals surface area contributed by atoms with Gasteiger partial charge in [-0.2, -0.15) is 29.5 Å². The molecule has 16 heteroatoms. The Labute approximate surface area is 325 Å². The van der Waals surface area contributed by atoms with Crippen molar-refractivity contribution >= 4 is 27.6 Å². The Morgan fingerprint density at radius 1 is 0.768 bits per heavy atom. The van der Waals surface area contributed by atoms with E-state index in [-0.39, 0.29) is 35.9 Å². The molecule has 14 nitrogen and oxygen atoms in total. The molecule has 2 aromatic carbocycles. The molecule has 0 saturated carbocycles. The maximum absolute atomic E-state index is 14.4. The molecule has 56 heavy (non-hydrogen) atoms. The van der Waals surface area contributed by atoms with Crippen LogP contribution in [0.1, 0.15) is 82.5 Å². The fourth-order valence-electron chi connectivity index (χ4n) is 7.35. The molecule has 8 rings (SSSR count). The molecule has 2 atom stereocenters. The van der Waals surface area contributed by atoms with Gasteiger partial charge in [-0.3, -0.25) is 4.79 Å². The average molecular weight is 775 g/mol. The van der Waals surface area contributed by atoms with Crippen molar-refractivity contribution in [1.29, 1.82) is 0 Å². The first-order valence-electron chi connectivity index (χ1n) is 19.2. The smallest absolute Gasteiger partial charge is 0.291 e. The van der Waals surface area contributed by atoms with Gasteiger partial charge in [-0.1, -0.05) is 52.0 Å². The molecular formula is C40H52F2N10O4. The lowest BCUT2D eigenvalue weighted by Gasteiger charge is -2.06. The van der Waals surface area contributed by atoms with Gasteiger partial charge < -0.3 is 23.6 Å². The predicted octanol–water partition coefficient (Wildman–Crippen LogP) is 6.55. The third-order valence-electron chi connectivity index (χ3n) is 10.0. The summed E-state index contributed by atoms with van der Waals surface area (Å²) in [5.74, 6) is 2.55. The number of hydrogen-bond acceptors (Lipinski definition) is 12. The minimum atomic E-state index is -0.333. The van der Waals surface area contributed by atoms with Crippen molar-refractivity contribution in [3.63, 3.8) is 0 Å². The zero-order valence-corrected chi connectivity index (χ0v) is 33.5. The predicted molar refractivity (Wildman–Crippen MR) is 207 cm³/mol. The van der Waals surface area contributed by atoms with Gasteiger partial charge in [-0.15, -0.1) is 0 Å². The van der Waals surface area contributed by atoms with Gasteiger partial charge in [-0.05, 0) is 93.1 Å². The summed E-state index contributed by atoms with van der Waals surface area (Å²) in [4.78, 5) is 23.5. The molecule has 0 N–H and O–H groups in total. The summed E-state index contributed by atoms with van der Waals surface area (Å²) in [6, 6.07) is 10.0. The third kappa shape index (κ3) is 9.36. The van der Waals surface area contributed by atoms with Crippen LogP contribution in [-0.4, -0.2) is 109 Å². The highest BCUT2D eigenvalue weighted by Gasteiger charge is 2.26. The van der Waals surface area contributed by atoms with Crippen LogP contribution in [0.4, 0.5) is 8.78 Å². The number of carbonyl (C=O) groups excluding carboxylic acids is 1. The zero-order valence-electron chi connectivity index (χ0n) is 33.5. The molecule has 6 aromatic rings. The van der Waals surface area contributed by atoms with E-state index >= 15 is 0 Å². The van der Waals surface area contributed by atoms with E-state index in [0.29, 0.717) is 46.5 Å². The SMILES string of the molecule is CC(C)c1nn(-c2noc(C[C@H]3CCN(C)C3)n2)c2c(F)cccc12.CC(C)c1nn(-c2noc(C[C@H]3CCN(C)C3)n2)c2c(F)cccc12.COCC(C)=O. The second-order valence-corrected chi connectivity index (χ2v) is 15.5. The van der Waals surface area contributed by atoms with E-state index < -0.39 is 0 Å². The standard InChI is InChI=1S/2C18H22FN5O.C4H8O2/c2*1-11(2)16-13-5-4-6-14(19)17(13)24(21-16)18-20-15(25-22-18)9-12-7-8-23(3)10-12;1-4(5)3-6-2/h2*4-6,11-12H,7-10H2,1-3H3;3H2,1-2H3/t2*12-;/m11./s1. The number of aromatic nitrogens is 8. The van der Waals surface area contributed by atoms with E-state index in [0.717, 1.165) is 74.0 Å². The molecule has 2 aliphatic heterocycles. The Bertz CT molecular complexity index is 2090. The number of methoxy groups -OCH3 is 1. The minimum Gasteiger partial charge on any atom is -0.377 e.